The Labute approximate surface area is 122 Å². The van der Waals surface area contributed by atoms with Crippen LogP contribution in [0.2, 0.25) is 0 Å². The van der Waals surface area contributed by atoms with Crippen molar-refractivity contribution in [1.82, 2.24) is 19.7 Å². The van der Waals surface area contributed by atoms with Crippen molar-refractivity contribution in [3.8, 4) is 0 Å². The fourth-order valence-electron chi connectivity index (χ4n) is 3.48. The van der Waals surface area contributed by atoms with E-state index in [9.17, 15) is 14.7 Å². The average Bonchev–Trinajstić information content (AvgIpc) is 3.02. The molecule has 0 spiro atoms. The van der Waals surface area contributed by atoms with Gasteiger partial charge in [-0.15, -0.1) is 5.10 Å². The van der Waals surface area contributed by atoms with Crippen molar-refractivity contribution >= 4 is 17.9 Å². The number of nitrogens with one attached hydrogen (secondary N) is 1. The van der Waals surface area contributed by atoms with E-state index in [0.717, 1.165) is 12.8 Å². The Kier molecular flexibility index (Phi) is 3.11. The highest BCUT2D eigenvalue weighted by Gasteiger charge is 2.55. The van der Waals surface area contributed by atoms with Gasteiger partial charge in [0.2, 0.25) is 5.95 Å². The van der Waals surface area contributed by atoms with Crippen LogP contribution in [0, 0.1) is 18.3 Å². The summed E-state index contributed by atoms with van der Waals surface area (Å²) in [5.74, 6) is 0.221. The van der Waals surface area contributed by atoms with Crippen LogP contribution >= 0.6 is 0 Å². The summed E-state index contributed by atoms with van der Waals surface area (Å²) in [6.07, 6.45) is 2.45. The highest BCUT2D eigenvalue weighted by Crippen LogP contribution is 2.48. The molecule has 2 aliphatic rings. The molecule has 2 fully saturated rings. The zero-order valence-corrected chi connectivity index (χ0v) is 12.2. The number of rotatable bonds is 2. The van der Waals surface area contributed by atoms with Crippen LogP contribution in [0.15, 0.2) is 0 Å². The number of carboxylic acid groups (broad SMARTS) is 1. The Bertz CT molecular complexity index is 579. The van der Waals surface area contributed by atoms with E-state index in [-0.39, 0.29) is 24.4 Å². The molecule has 0 unspecified atom stereocenters. The molecule has 2 atom stereocenters. The number of aromatic nitrogens is 3. The summed E-state index contributed by atoms with van der Waals surface area (Å²) >= 11 is 0. The summed E-state index contributed by atoms with van der Waals surface area (Å²) in [5.41, 5.74) is -0.759. The zero-order valence-electron chi connectivity index (χ0n) is 12.2. The van der Waals surface area contributed by atoms with Crippen molar-refractivity contribution in [3.05, 3.63) is 5.82 Å². The number of fused-ring (bicyclic) bond motifs is 1. The van der Waals surface area contributed by atoms with Crippen LogP contribution in [0.25, 0.3) is 0 Å². The van der Waals surface area contributed by atoms with E-state index in [2.05, 4.69) is 15.4 Å². The van der Waals surface area contributed by atoms with Crippen molar-refractivity contribution in [2.45, 2.75) is 26.2 Å². The van der Waals surface area contributed by atoms with Gasteiger partial charge in [0.25, 0.3) is 0 Å². The number of amides is 2. The summed E-state index contributed by atoms with van der Waals surface area (Å²) in [6.45, 7) is 2.55. The summed E-state index contributed by atoms with van der Waals surface area (Å²) in [6, 6.07) is -0.323. The number of aryl methyl sites for hydroxylation is 2. The maximum Gasteiger partial charge on any atom is 0.324 e. The summed E-state index contributed by atoms with van der Waals surface area (Å²) < 4.78 is 1.58. The minimum Gasteiger partial charge on any atom is -0.481 e. The second-order valence-electron chi connectivity index (χ2n) is 5.97. The van der Waals surface area contributed by atoms with Gasteiger partial charge in [-0.3, -0.25) is 14.8 Å². The van der Waals surface area contributed by atoms with Gasteiger partial charge in [-0.2, -0.15) is 4.98 Å². The number of carboxylic acids is 1. The fourth-order valence-corrected chi connectivity index (χ4v) is 3.48. The summed E-state index contributed by atoms with van der Waals surface area (Å²) in [4.78, 5) is 29.6. The molecule has 2 heterocycles. The van der Waals surface area contributed by atoms with Crippen molar-refractivity contribution in [2.75, 3.05) is 18.4 Å². The number of aliphatic carboxylic acids is 1. The number of hydrogen-bond donors (Lipinski definition) is 2. The smallest absolute Gasteiger partial charge is 0.324 e. The van der Waals surface area contributed by atoms with Crippen molar-refractivity contribution in [2.24, 2.45) is 18.4 Å². The monoisotopic (exact) mass is 293 g/mol. The minimum atomic E-state index is -0.785. The van der Waals surface area contributed by atoms with Gasteiger partial charge in [-0.25, -0.2) is 4.79 Å². The molecule has 1 aromatic heterocycles. The maximum absolute atomic E-state index is 12.3. The third-order valence-electron chi connectivity index (χ3n) is 4.78. The van der Waals surface area contributed by atoms with Crippen LogP contribution in [-0.4, -0.2) is 49.9 Å². The van der Waals surface area contributed by atoms with Crippen molar-refractivity contribution in [1.29, 1.82) is 0 Å². The maximum atomic E-state index is 12.3. The van der Waals surface area contributed by atoms with E-state index in [4.69, 9.17) is 0 Å². The standard InChI is InChI=1S/C13H19N5O3/c1-8-14-11(16-17(8)2)15-12(21)18-6-9-4-3-5-13(9,7-18)10(19)20/h9H,3-7H2,1-2H3,(H,19,20)(H,15,16,21)/t9-,13+/m0/s1. The highest BCUT2D eigenvalue weighted by molar-refractivity contribution is 5.89. The van der Waals surface area contributed by atoms with Gasteiger partial charge in [0.1, 0.15) is 5.82 Å². The molecule has 3 rings (SSSR count). The molecule has 1 aliphatic heterocycles. The van der Waals surface area contributed by atoms with E-state index in [0.29, 0.717) is 18.8 Å². The van der Waals surface area contributed by atoms with E-state index < -0.39 is 11.4 Å². The topological polar surface area (TPSA) is 100 Å². The fraction of sp³-hybridized carbons (Fsp3) is 0.692. The molecule has 1 aromatic rings. The molecular weight excluding hydrogens is 274 g/mol. The molecular formula is C13H19N5O3. The lowest BCUT2D eigenvalue weighted by Gasteiger charge is -2.23. The predicted octanol–water partition coefficient (Wildman–Crippen LogP) is 0.842. The van der Waals surface area contributed by atoms with Crippen LogP contribution in [0.3, 0.4) is 0 Å². The first-order valence-corrected chi connectivity index (χ1v) is 7.09. The molecule has 1 saturated carbocycles. The zero-order chi connectivity index (χ0) is 15.2. The van der Waals surface area contributed by atoms with Gasteiger partial charge in [0, 0.05) is 20.1 Å². The van der Waals surface area contributed by atoms with Gasteiger partial charge in [-0.1, -0.05) is 6.42 Å². The molecule has 8 heteroatoms. The van der Waals surface area contributed by atoms with Crippen LogP contribution < -0.4 is 5.32 Å². The second-order valence-corrected chi connectivity index (χ2v) is 5.97. The predicted molar refractivity (Wildman–Crippen MR) is 73.7 cm³/mol. The lowest BCUT2D eigenvalue weighted by atomic mass is 9.81. The third-order valence-corrected chi connectivity index (χ3v) is 4.78. The molecule has 8 nitrogen and oxygen atoms in total. The molecule has 2 N–H and O–H groups in total. The Hall–Kier alpha value is -2.12. The normalized spacial score (nSPS) is 27.7. The lowest BCUT2D eigenvalue weighted by Crippen LogP contribution is -2.38. The Morgan fingerprint density at radius 1 is 1.48 bits per heavy atom. The molecule has 21 heavy (non-hydrogen) atoms. The average molecular weight is 293 g/mol. The first-order valence-electron chi connectivity index (χ1n) is 7.09. The molecule has 0 radical (unpaired) electrons. The Morgan fingerprint density at radius 2 is 2.24 bits per heavy atom. The first-order chi connectivity index (χ1) is 9.92. The number of urea groups is 1. The quantitative estimate of drug-likeness (QED) is 0.841. The molecule has 0 bridgehead atoms. The SMILES string of the molecule is Cc1nc(NC(=O)N2C[C@@H]3CCC[C@@]3(C(=O)O)C2)nn1C. The van der Waals surface area contributed by atoms with E-state index in [1.807, 2.05) is 0 Å². The van der Waals surface area contributed by atoms with Crippen molar-refractivity contribution in [3.63, 3.8) is 0 Å². The van der Waals surface area contributed by atoms with Gasteiger partial charge in [-0.05, 0) is 25.7 Å². The first kappa shape index (κ1) is 13.8. The number of carbonyl (C=O) groups is 2. The van der Waals surface area contributed by atoms with Crippen LogP contribution in [0.5, 0.6) is 0 Å². The summed E-state index contributed by atoms with van der Waals surface area (Å²) in [5, 5.41) is 16.2. The molecule has 1 saturated heterocycles. The van der Waals surface area contributed by atoms with E-state index >= 15 is 0 Å². The molecule has 114 valence electrons. The van der Waals surface area contributed by atoms with Crippen LogP contribution in [0.1, 0.15) is 25.1 Å². The number of likely N-dealkylation sites (tertiary alicyclic amines) is 1. The highest BCUT2D eigenvalue weighted by atomic mass is 16.4. The number of nitrogens with zero attached hydrogens (tertiary/aromatic N) is 4. The largest absolute Gasteiger partial charge is 0.481 e. The Balaban J connectivity index is 1.71. The Morgan fingerprint density at radius 3 is 2.81 bits per heavy atom. The van der Waals surface area contributed by atoms with Crippen molar-refractivity contribution < 1.29 is 14.7 Å². The minimum absolute atomic E-state index is 0.0548. The van der Waals surface area contributed by atoms with Gasteiger partial charge < -0.3 is 10.0 Å². The molecule has 1 aliphatic carbocycles. The number of hydrogen-bond acceptors (Lipinski definition) is 4. The number of carbonyl (C=O) groups excluding carboxylic acids is 1. The third kappa shape index (κ3) is 2.14. The number of anilines is 1. The molecule has 2 amide bonds. The molecule has 0 aromatic carbocycles. The lowest BCUT2D eigenvalue weighted by molar-refractivity contribution is -0.149. The second kappa shape index (κ2) is 4.71. The van der Waals surface area contributed by atoms with Crippen LogP contribution in [0.4, 0.5) is 10.7 Å². The van der Waals surface area contributed by atoms with Crippen LogP contribution in [-0.2, 0) is 11.8 Å². The van der Waals surface area contributed by atoms with E-state index in [1.54, 1.807) is 23.6 Å². The van der Waals surface area contributed by atoms with Gasteiger partial charge >= 0.3 is 12.0 Å². The summed E-state index contributed by atoms with van der Waals surface area (Å²) in [7, 11) is 1.75. The van der Waals surface area contributed by atoms with Gasteiger partial charge in [0.05, 0.1) is 5.41 Å². The van der Waals surface area contributed by atoms with E-state index in [1.165, 1.54) is 0 Å². The van der Waals surface area contributed by atoms with Gasteiger partial charge in [0.15, 0.2) is 0 Å².